The van der Waals surface area contributed by atoms with E-state index in [1.165, 1.54) is 57.7 Å². The second-order valence-electron chi connectivity index (χ2n) is 6.88. The number of urea groups is 1. The van der Waals surface area contributed by atoms with E-state index < -0.39 is 34.5 Å². The molecule has 0 aromatic heterocycles. The number of benzene rings is 2. The molecule has 1 aliphatic rings. The molecule has 170 valence electrons. The molecule has 0 spiro atoms. The number of piperazine rings is 1. The van der Waals surface area contributed by atoms with Crippen LogP contribution in [0.4, 0.5) is 10.5 Å². The van der Waals surface area contributed by atoms with Crippen molar-refractivity contribution in [3.63, 3.8) is 0 Å². The Hall–Kier alpha value is -3.15. The lowest BCUT2D eigenvalue weighted by molar-refractivity contribution is -0.135. The van der Waals surface area contributed by atoms with Gasteiger partial charge in [0.2, 0.25) is 10.0 Å². The van der Waals surface area contributed by atoms with E-state index in [4.69, 9.17) is 22.1 Å². The van der Waals surface area contributed by atoms with Crippen LogP contribution in [0, 0.1) is 0 Å². The molecule has 10 nitrogen and oxygen atoms in total. The standard InChI is InChI=1S/C20H21ClN4O6S/c21-15-3-7-17(8-4-15)32(29,30)25-11-9-24(10-12-25)18(26)13-31-19(27)14-1-5-16(6-2-14)23-20(22)28/h1-8H,9-13H2,(H3,22,23,28). The number of sulfonamides is 1. The zero-order chi connectivity index (χ0) is 23.3. The summed E-state index contributed by atoms with van der Waals surface area (Å²) in [4.78, 5) is 36.9. The topological polar surface area (TPSA) is 139 Å². The number of ether oxygens (including phenoxy) is 1. The van der Waals surface area contributed by atoms with Crippen LogP contribution in [-0.2, 0) is 19.6 Å². The Morgan fingerprint density at radius 2 is 1.56 bits per heavy atom. The summed E-state index contributed by atoms with van der Waals surface area (Å²) in [5.74, 6) is -1.12. The molecule has 2 aromatic carbocycles. The maximum atomic E-state index is 12.7. The summed E-state index contributed by atoms with van der Waals surface area (Å²) in [6.45, 7) is 0.134. The lowest BCUT2D eigenvalue weighted by Crippen LogP contribution is -2.51. The number of rotatable bonds is 6. The van der Waals surface area contributed by atoms with Gasteiger partial charge < -0.3 is 20.7 Å². The molecule has 0 radical (unpaired) electrons. The first kappa shape index (κ1) is 23.5. The van der Waals surface area contributed by atoms with Crippen LogP contribution < -0.4 is 11.1 Å². The highest BCUT2D eigenvalue weighted by Gasteiger charge is 2.30. The van der Waals surface area contributed by atoms with E-state index in [0.29, 0.717) is 10.7 Å². The Morgan fingerprint density at radius 1 is 0.969 bits per heavy atom. The van der Waals surface area contributed by atoms with Gasteiger partial charge in [0.1, 0.15) is 0 Å². The Balaban J connectivity index is 1.49. The van der Waals surface area contributed by atoms with Crippen molar-refractivity contribution in [3.05, 3.63) is 59.1 Å². The fraction of sp³-hybridized carbons (Fsp3) is 0.250. The summed E-state index contributed by atoms with van der Waals surface area (Å²) in [7, 11) is -3.68. The number of anilines is 1. The quantitative estimate of drug-likeness (QED) is 0.601. The SMILES string of the molecule is NC(=O)Nc1ccc(C(=O)OCC(=O)N2CCN(S(=O)(=O)c3ccc(Cl)cc3)CC2)cc1. The number of halogens is 1. The zero-order valence-corrected chi connectivity index (χ0v) is 18.4. The van der Waals surface area contributed by atoms with Crippen molar-refractivity contribution in [2.24, 2.45) is 5.73 Å². The van der Waals surface area contributed by atoms with Crippen LogP contribution in [0.3, 0.4) is 0 Å². The largest absolute Gasteiger partial charge is 0.452 e. The minimum Gasteiger partial charge on any atom is -0.452 e. The molecule has 1 heterocycles. The number of hydrogen-bond donors (Lipinski definition) is 2. The summed E-state index contributed by atoms with van der Waals surface area (Å²) in [5, 5.41) is 2.80. The van der Waals surface area contributed by atoms with Gasteiger partial charge in [-0.15, -0.1) is 0 Å². The van der Waals surface area contributed by atoms with Gasteiger partial charge >= 0.3 is 12.0 Å². The molecule has 12 heteroatoms. The van der Waals surface area contributed by atoms with Crippen LogP contribution >= 0.6 is 11.6 Å². The summed E-state index contributed by atoms with van der Waals surface area (Å²) in [5.41, 5.74) is 5.63. The number of nitrogens with two attached hydrogens (primary N) is 1. The van der Waals surface area contributed by atoms with Gasteiger partial charge in [0.25, 0.3) is 5.91 Å². The first-order chi connectivity index (χ1) is 15.2. The van der Waals surface area contributed by atoms with Gasteiger partial charge in [-0.05, 0) is 48.5 Å². The first-order valence-electron chi connectivity index (χ1n) is 9.54. The third kappa shape index (κ3) is 5.75. The van der Waals surface area contributed by atoms with Crippen molar-refractivity contribution < 1.29 is 27.5 Å². The van der Waals surface area contributed by atoms with Crippen LogP contribution in [0.2, 0.25) is 5.02 Å². The van der Waals surface area contributed by atoms with E-state index in [1.807, 2.05) is 0 Å². The Kier molecular flexibility index (Phi) is 7.33. The number of carbonyl (C=O) groups excluding carboxylic acids is 3. The van der Waals surface area contributed by atoms with Gasteiger partial charge in [-0.25, -0.2) is 18.0 Å². The average Bonchev–Trinajstić information content (AvgIpc) is 2.77. The van der Waals surface area contributed by atoms with Crippen molar-refractivity contribution in [2.75, 3.05) is 38.1 Å². The zero-order valence-electron chi connectivity index (χ0n) is 16.9. The number of nitrogens with zero attached hydrogens (tertiary/aromatic N) is 2. The average molecular weight is 481 g/mol. The maximum Gasteiger partial charge on any atom is 0.338 e. The van der Waals surface area contributed by atoms with Crippen LogP contribution in [0.15, 0.2) is 53.4 Å². The normalized spacial score (nSPS) is 14.6. The smallest absolute Gasteiger partial charge is 0.338 e. The molecular weight excluding hydrogens is 460 g/mol. The first-order valence-corrected chi connectivity index (χ1v) is 11.4. The lowest BCUT2D eigenvalue weighted by Gasteiger charge is -2.33. The predicted molar refractivity (Wildman–Crippen MR) is 117 cm³/mol. The van der Waals surface area contributed by atoms with Gasteiger partial charge in [0, 0.05) is 36.9 Å². The van der Waals surface area contributed by atoms with Crippen LogP contribution in [0.1, 0.15) is 10.4 Å². The van der Waals surface area contributed by atoms with E-state index in [9.17, 15) is 22.8 Å². The van der Waals surface area contributed by atoms with Crippen molar-refractivity contribution in [1.82, 2.24) is 9.21 Å². The fourth-order valence-corrected chi connectivity index (χ4v) is 4.62. The molecule has 3 rings (SSSR count). The molecule has 1 saturated heterocycles. The molecule has 32 heavy (non-hydrogen) atoms. The highest BCUT2D eigenvalue weighted by atomic mass is 35.5. The molecule has 0 unspecified atom stereocenters. The lowest BCUT2D eigenvalue weighted by atomic mass is 10.2. The van der Waals surface area contributed by atoms with E-state index in [0.717, 1.165) is 0 Å². The molecule has 0 bridgehead atoms. The minimum absolute atomic E-state index is 0.124. The number of primary amides is 1. The second-order valence-corrected chi connectivity index (χ2v) is 9.26. The fourth-order valence-electron chi connectivity index (χ4n) is 3.07. The molecule has 1 aliphatic heterocycles. The Bertz CT molecular complexity index is 1100. The molecule has 2 aromatic rings. The third-order valence-electron chi connectivity index (χ3n) is 4.76. The number of carbonyl (C=O) groups is 3. The number of amides is 3. The maximum absolute atomic E-state index is 12.7. The van der Waals surface area contributed by atoms with Crippen molar-refractivity contribution >= 4 is 45.2 Å². The van der Waals surface area contributed by atoms with Crippen LogP contribution in [0.25, 0.3) is 0 Å². The highest BCUT2D eigenvalue weighted by molar-refractivity contribution is 7.89. The molecule has 0 saturated carbocycles. The monoisotopic (exact) mass is 480 g/mol. The van der Waals surface area contributed by atoms with E-state index >= 15 is 0 Å². The summed E-state index contributed by atoms with van der Waals surface area (Å²) >= 11 is 5.81. The van der Waals surface area contributed by atoms with Crippen LogP contribution in [-0.4, -0.2) is 68.3 Å². The van der Waals surface area contributed by atoms with E-state index in [-0.39, 0.29) is 36.6 Å². The molecule has 3 N–H and O–H groups in total. The minimum atomic E-state index is -3.68. The molecule has 3 amide bonds. The van der Waals surface area contributed by atoms with Crippen molar-refractivity contribution in [2.45, 2.75) is 4.90 Å². The summed E-state index contributed by atoms with van der Waals surface area (Å²) < 4.78 is 31.8. The number of nitrogens with one attached hydrogen (secondary N) is 1. The third-order valence-corrected chi connectivity index (χ3v) is 6.92. The highest BCUT2D eigenvalue weighted by Crippen LogP contribution is 2.20. The van der Waals surface area contributed by atoms with Gasteiger partial charge in [-0.1, -0.05) is 11.6 Å². The summed E-state index contributed by atoms with van der Waals surface area (Å²) in [6, 6.07) is 11.0. The number of esters is 1. The Labute approximate surface area is 189 Å². The van der Waals surface area contributed by atoms with Gasteiger partial charge in [0.15, 0.2) is 6.61 Å². The molecule has 0 atom stereocenters. The molecular formula is C20H21ClN4O6S. The van der Waals surface area contributed by atoms with E-state index in [1.54, 1.807) is 0 Å². The molecule has 0 aliphatic carbocycles. The second kappa shape index (κ2) is 9.98. The van der Waals surface area contributed by atoms with Crippen molar-refractivity contribution in [1.29, 1.82) is 0 Å². The summed E-state index contributed by atoms with van der Waals surface area (Å²) in [6.07, 6.45) is 0. The Morgan fingerprint density at radius 3 is 2.12 bits per heavy atom. The van der Waals surface area contributed by atoms with E-state index in [2.05, 4.69) is 5.32 Å². The van der Waals surface area contributed by atoms with Gasteiger partial charge in [-0.2, -0.15) is 4.31 Å². The van der Waals surface area contributed by atoms with Gasteiger partial charge in [-0.3, -0.25) is 4.79 Å². The number of hydrogen-bond acceptors (Lipinski definition) is 6. The molecule has 1 fully saturated rings. The van der Waals surface area contributed by atoms with Crippen molar-refractivity contribution in [3.8, 4) is 0 Å². The predicted octanol–water partition coefficient (Wildman–Crippen LogP) is 1.52. The van der Waals surface area contributed by atoms with Crippen LogP contribution in [0.5, 0.6) is 0 Å². The van der Waals surface area contributed by atoms with Gasteiger partial charge in [0.05, 0.1) is 10.5 Å².